The van der Waals surface area contributed by atoms with Gasteiger partial charge in [-0.25, -0.2) is 4.98 Å². The van der Waals surface area contributed by atoms with Crippen LogP contribution in [0, 0.1) is 17.0 Å². The van der Waals surface area contributed by atoms with Crippen LogP contribution in [0.1, 0.15) is 25.5 Å². The van der Waals surface area contributed by atoms with Gasteiger partial charge in [0, 0.05) is 6.04 Å². The minimum absolute atomic E-state index is 0.0500. The zero-order valence-electron chi connectivity index (χ0n) is 11.0. The SMILES string of the molecule is Cc1nc(Cl)nc(NC(C)C(=O)NC2CC2)c1[N+](=O)[O-]. The minimum atomic E-state index is -0.653. The molecule has 1 aromatic heterocycles. The molecule has 1 unspecified atom stereocenters. The van der Waals surface area contributed by atoms with Gasteiger partial charge in [-0.3, -0.25) is 14.9 Å². The average molecular weight is 300 g/mol. The first kappa shape index (κ1) is 14.4. The smallest absolute Gasteiger partial charge is 0.332 e. The van der Waals surface area contributed by atoms with Gasteiger partial charge in [0.05, 0.1) is 4.92 Å². The lowest BCUT2D eigenvalue weighted by atomic mass is 10.3. The molecule has 1 atom stereocenters. The lowest BCUT2D eigenvalue weighted by Crippen LogP contribution is -2.39. The second-order valence-electron chi connectivity index (χ2n) is 4.68. The number of amides is 1. The van der Waals surface area contributed by atoms with E-state index in [0.29, 0.717) is 0 Å². The van der Waals surface area contributed by atoms with E-state index in [1.54, 1.807) is 6.92 Å². The summed E-state index contributed by atoms with van der Waals surface area (Å²) in [5, 5.41) is 16.5. The van der Waals surface area contributed by atoms with Crippen LogP contribution in [0.2, 0.25) is 5.28 Å². The van der Waals surface area contributed by atoms with Gasteiger partial charge in [-0.2, -0.15) is 4.98 Å². The lowest BCUT2D eigenvalue weighted by molar-refractivity contribution is -0.385. The fraction of sp³-hybridized carbons (Fsp3) is 0.545. The monoisotopic (exact) mass is 299 g/mol. The maximum absolute atomic E-state index is 11.8. The van der Waals surface area contributed by atoms with Crippen molar-refractivity contribution in [2.24, 2.45) is 0 Å². The summed E-state index contributed by atoms with van der Waals surface area (Å²) in [7, 11) is 0. The Morgan fingerprint density at radius 3 is 2.70 bits per heavy atom. The summed E-state index contributed by atoms with van der Waals surface area (Å²) in [5.74, 6) is -0.278. The number of nitrogens with one attached hydrogen (secondary N) is 2. The summed E-state index contributed by atoms with van der Waals surface area (Å²) < 4.78 is 0. The minimum Gasteiger partial charge on any atom is -0.353 e. The Balaban J connectivity index is 2.18. The van der Waals surface area contributed by atoms with Crippen molar-refractivity contribution in [3.05, 3.63) is 21.1 Å². The van der Waals surface area contributed by atoms with Crippen LogP contribution in [0.3, 0.4) is 0 Å². The number of anilines is 1. The molecule has 2 rings (SSSR count). The number of nitrogens with zero attached hydrogens (tertiary/aromatic N) is 3. The van der Waals surface area contributed by atoms with E-state index in [-0.39, 0.29) is 34.4 Å². The van der Waals surface area contributed by atoms with Crippen molar-refractivity contribution in [1.82, 2.24) is 15.3 Å². The highest BCUT2D eigenvalue weighted by Crippen LogP contribution is 2.27. The van der Waals surface area contributed by atoms with Crippen LogP contribution in [-0.4, -0.2) is 32.9 Å². The van der Waals surface area contributed by atoms with Gasteiger partial charge in [0.1, 0.15) is 11.7 Å². The van der Waals surface area contributed by atoms with Crippen molar-refractivity contribution < 1.29 is 9.72 Å². The molecule has 0 aliphatic heterocycles. The number of carbonyl (C=O) groups excluding carboxylic acids is 1. The van der Waals surface area contributed by atoms with Gasteiger partial charge < -0.3 is 10.6 Å². The highest BCUT2D eigenvalue weighted by Gasteiger charge is 2.28. The van der Waals surface area contributed by atoms with E-state index in [9.17, 15) is 14.9 Å². The molecule has 1 aliphatic rings. The molecule has 8 nitrogen and oxygen atoms in total. The largest absolute Gasteiger partial charge is 0.353 e. The van der Waals surface area contributed by atoms with Gasteiger partial charge in [0.25, 0.3) is 0 Å². The second kappa shape index (κ2) is 5.58. The molecular formula is C11H14ClN5O3. The van der Waals surface area contributed by atoms with Crippen LogP contribution in [0.25, 0.3) is 0 Å². The van der Waals surface area contributed by atoms with E-state index in [1.165, 1.54) is 6.92 Å². The molecule has 20 heavy (non-hydrogen) atoms. The molecule has 1 aliphatic carbocycles. The van der Waals surface area contributed by atoms with Crippen molar-refractivity contribution in [2.75, 3.05) is 5.32 Å². The number of aromatic nitrogens is 2. The van der Waals surface area contributed by atoms with Crippen molar-refractivity contribution in [2.45, 2.75) is 38.8 Å². The average Bonchev–Trinajstić information content (AvgIpc) is 3.10. The lowest BCUT2D eigenvalue weighted by Gasteiger charge is -2.14. The molecule has 1 heterocycles. The molecule has 108 valence electrons. The van der Waals surface area contributed by atoms with E-state index in [1.807, 2.05) is 0 Å². The van der Waals surface area contributed by atoms with Crippen LogP contribution in [0.4, 0.5) is 11.5 Å². The Morgan fingerprint density at radius 2 is 2.15 bits per heavy atom. The highest BCUT2D eigenvalue weighted by molar-refractivity contribution is 6.28. The van der Waals surface area contributed by atoms with Crippen molar-refractivity contribution in [3.8, 4) is 0 Å². The van der Waals surface area contributed by atoms with Gasteiger partial charge >= 0.3 is 5.69 Å². The van der Waals surface area contributed by atoms with E-state index in [0.717, 1.165) is 12.8 Å². The first-order valence-electron chi connectivity index (χ1n) is 6.14. The predicted molar refractivity (Wildman–Crippen MR) is 72.7 cm³/mol. The molecule has 9 heteroatoms. The number of halogens is 1. The van der Waals surface area contributed by atoms with Crippen LogP contribution in [0.5, 0.6) is 0 Å². The summed E-state index contributed by atoms with van der Waals surface area (Å²) in [5.41, 5.74) is -0.132. The molecule has 0 radical (unpaired) electrons. The summed E-state index contributed by atoms with van der Waals surface area (Å²) >= 11 is 5.70. The van der Waals surface area contributed by atoms with Crippen molar-refractivity contribution in [3.63, 3.8) is 0 Å². The molecular weight excluding hydrogens is 286 g/mol. The van der Waals surface area contributed by atoms with E-state index in [2.05, 4.69) is 20.6 Å². The van der Waals surface area contributed by atoms with Crippen LogP contribution in [0.15, 0.2) is 0 Å². The molecule has 0 saturated heterocycles. The number of nitro groups is 1. The fourth-order valence-corrected chi connectivity index (χ4v) is 1.89. The summed E-state index contributed by atoms with van der Waals surface area (Å²) in [6, 6.07) is -0.433. The Hall–Kier alpha value is -1.96. The molecule has 1 aromatic rings. The van der Waals surface area contributed by atoms with Crippen LogP contribution in [-0.2, 0) is 4.79 Å². The third-order valence-electron chi connectivity index (χ3n) is 2.88. The maximum atomic E-state index is 11.8. The molecule has 1 saturated carbocycles. The number of hydrogen-bond acceptors (Lipinski definition) is 6. The topological polar surface area (TPSA) is 110 Å². The zero-order valence-corrected chi connectivity index (χ0v) is 11.8. The van der Waals surface area contributed by atoms with E-state index in [4.69, 9.17) is 11.6 Å². The van der Waals surface area contributed by atoms with E-state index >= 15 is 0 Å². The summed E-state index contributed by atoms with van der Waals surface area (Å²) in [4.78, 5) is 29.8. The molecule has 1 amide bonds. The standard InChI is InChI=1S/C11H14ClN5O3/c1-5-8(17(19)20)9(16-11(12)14-5)13-6(2)10(18)15-7-3-4-7/h6-7H,3-4H2,1-2H3,(H,15,18)(H,13,14,16). The predicted octanol–water partition coefficient (Wildman–Crippen LogP) is 1.43. The molecule has 0 spiro atoms. The third-order valence-corrected chi connectivity index (χ3v) is 3.05. The fourth-order valence-electron chi connectivity index (χ4n) is 1.68. The second-order valence-corrected chi connectivity index (χ2v) is 5.02. The molecule has 1 fully saturated rings. The first-order valence-corrected chi connectivity index (χ1v) is 6.51. The van der Waals surface area contributed by atoms with Gasteiger partial charge in [0.15, 0.2) is 0 Å². The maximum Gasteiger partial charge on any atom is 0.332 e. The first-order chi connectivity index (χ1) is 9.38. The third kappa shape index (κ3) is 3.32. The number of aryl methyl sites for hydroxylation is 1. The quantitative estimate of drug-likeness (QED) is 0.483. The van der Waals surface area contributed by atoms with Gasteiger partial charge in [0.2, 0.25) is 17.0 Å². The highest BCUT2D eigenvalue weighted by atomic mass is 35.5. The van der Waals surface area contributed by atoms with Crippen LogP contribution < -0.4 is 10.6 Å². The zero-order chi connectivity index (χ0) is 14.9. The van der Waals surface area contributed by atoms with Gasteiger partial charge in [-0.05, 0) is 38.3 Å². The van der Waals surface area contributed by atoms with Gasteiger partial charge in [-0.1, -0.05) is 0 Å². The number of hydrogen-bond donors (Lipinski definition) is 2. The molecule has 0 aromatic carbocycles. The Bertz CT molecular complexity index is 561. The summed E-state index contributed by atoms with van der Waals surface area (Å²) in [6.45, 7) is 3.07. The van der Waals surface area contributed by atoms with Crippen molar-refractivity contribution in [1.29, 1.82) is 0 Å². The Kier molecular flexibility index (Phi) is 4.03. The number of carbonyl (C=O) groups is 1. The Morgan fingerprint density at radius 1 is 1.50 bits per heavy atom. The van der Waals surface area contributed by atoms with Crippen molar-refractivity contribution >= 4 is 29.0 Å². The Labute approximate surface area is 120 Å². The van der Waals surface area contributed by atoms with Crippen LogP contribution >= 0.6 is 11.6 Å². The number of rotatable bonds is 5. The van der Waals surface area contributed by atoms with Gasteiger partial charge in [-0.15, -0.1) is 0 Å². The summed E-state index contributed by atoms with van der Waals surface area (Å²) in [6.07, 6.45) is 1.94. The van der Waals surface area contributed by atoms with E-state index < -0.39 is 11.0 Å². The molecule has 2 N–H and O–H groups in total. The normalized spacial score (nSPS) is 15.6. The molecule has 0 bridgehead atoms.